The Labute approximate surface area is 220 Å². The quantitative estimate of drug-likeness (QED) is 0.164. The van der Waals surface area contributed by atoms with Crippen LogP contribution in [-0.2, 0) is 19.1 Å². The van der Waals surface area contributed by atoms with Gasteiger partial charge in [0, 0.05) is 5.69 Å². The van der Waals surface area contributed by atoms with E-state index in [9.17, 15) is 19.2 Å². The fourth-order valence-corrected chi connectivity index (χ4v) is 3.22. The summed E-state index contributed by atoms with van der Waals surface area (Å²) in [6.45, 7) is 3.72. The van der Waals surface area contributed by atoms with E-state index in [2.05, 4.69) is 21.2 Å². The third kappa shape index (κ3) is 8.59. The van der Waals surface area contributed by atoms with Crippen molar-refractivity contribution in [2.45, 2.75) is 19.9 Å². The zero-order valence-electron chi connectivity index (χ0n) is 21.0. The number of nitrogens with one attached hydrogen (secondary N) is 3. The highest BCUT2D eigenvalue weighted by atomic mass is 16.5. The molecule has 0 aliphatic carbocycles. The number of ether oxygens (including phenoxy) is 2. The molecule has 0 aliphatic heterocycles. The maximum absolute atomic E-state index is 12.2. The van der Waals surface area contributed by atoms with Gasteiger partial charge in [0.05, 0.1) is 24.4 Å². The molecule has 0 unspecified atom stereocenters. The van der Waals surface area contributed by atoms with E-state index in [0.29, 0.717) is 22.6 Å². The zero-order chi connectivity index (χ0) is 27.3. The van der Waals surface area contributed by atoms with Crippen molar-refractivity contribution in [3.8, 4) is 5.75 Å². The van der Waals surface area contributed by atoms with Gasteiger partial charge in [-0.05, 0) is 73.5 Å². The van der Waals surface area contributed by atoms with E-state index in [4.69, 9.17) is 9.47 Å². The summed E-state index contributed by atoms with van der Waals surface area (Å²) in [5.41, 5.74) is 4.44. The van der Waals surface area contributed by atoms with Crippen LogP contribution in [0, 0.1) is 0 Å². The maximum atomic E-state index is 12.2. The molecule has 0 bridgehead atoms. The molecular formula is C28H28N4O6. The summed E-state index contributed by atoms with van der Waals surface area (Å²) in [5, 5.41) is 9.07. The van der Waals surface area contributed by atoms with Crippen molar-refractivity contribution in [2.24, 2.45) is 5.10 Å². The summed E-state index contributed by atoms with van der Waals surface area (Å²) in [6, 6.07) is 22.1. The van der Waals surface area contributed by atoms with Crippen LogP contribution in [0.15, 0.2) is 84.0 Å². The number of rotatable bonds is 10. The van der Waals surface area contributed by atoms with E-state index < -0.39 is 17.8 Å². The second-order valence-corrected chi connectivity index (χ2v) is 8.01. The molecule has 3 aromatic carbocycles. The summed E-state index contributed by atoms with van der Waals surface area (Å²) >= 11 is 0. The average Bonchev–Trinajstić information content (AvgIpc) is 2.93. The molecule has 0 heterocycles. The van der Waals surface area contributed by atoms with Crippen molar-refractivity contribution in [3.05, 3.63) is 95.6 Å². The van der Waals surface area contributed by atoms with Gasteiger partial charge in [0.2, 0.25) is 0 Å². The van der Waals surface area contributed by atoms with Gasteiger partial charge < -0.3 is 20.1 Å². The monoisotopic (exact) mass is 516 g/mol. The predicted molar refractivity (Wildman–Crippen MR) is 142 cm³/mol. The van der Waals surface area contributed by atoms with Crippen LogP contribution < -0.4 is 20.8 Å². The van der Waals surface area contributed by atoms with Crippen LogP contribution in [0.25, 0.3) is 0 Å². The van der Waals surface area contributed by atoms with Crippen LogP contribution in [0.4, 0.5) is 5.69 Å². The standard InChI is InChI=1S/C28H28N4O6/c1-3-37-28(36)22-11-13-23(14-12-22)31-26(34)27(35)32-29-17-20-9-15-24(16-10-20)38-18-25(33)30-19(2)21-7-5-4-6-8-21/h4-17,19H,3,18H2,1-2H3,(H,30,33)(H,31,34)(H,32,35)/b29-17-/t19-/m1/s1. The number of hydrogen-bond donors (Lipinski definition) is 3. The lowest BCUT2D eigenvalue weighted by Gasteiger charge is -2.14. The summed E-state index contributed by atoms with van der Waals surface area (Å²) in [6.07, 6.45) is 1.36. The van der Waals surface area contributed by atoms with Crippen molar-refractivity contribution >= 4 is 35.6 Å². The number of esters is 1. The van der Waals surface area contributed by atoms with Gasteiger partial charge >= 0.3 is 17.8 Å². The van der Waals surface area contributed by atoms with Gasteiger partial charge in [0.15, 0.2) is 6.61 Å². The molecule has 3 aromatic rings. The first-order chi connectivity index (χ1) is 18.4. The molecule has 3 N–H and O–H groups in total. The second kappa shape index (κ2) is 13.9. The minimum absolute atomic E-state index is 0.138. The first-order valence-electron chi connectivity index (χ1n) is 11.8. The van der Waals surface area contributed by atoms with Crippen molar-refractivity contribution in [2.75, 3.05) is 18.5 Å². The number of anilines is 1. The van der Waals surface area contributed by atoms with Gasteiger partial charge in [0.1, 0.15) is 5.75 Å². The SMILES string of the molecule is CCOC(=O)c1ccc(NC(=O)C(=O)N/N=C\c2ccc(OCC(=O)N[C@H](C)c3ccccc3)cc2)cc1. The van der Waals surface area contributed by atoms with E-state index in [1.165, 1.54) is 30.5 Å². The Morgan fingerprint density at radius 1 is 0.895 bits per heavy atom. The van der Waals surface area contributed by atoms with Gasteiger partial charge in [-0.2, -0.15) is 5.10 Å². The third-order valence-corrected chi connectivity index (χ3v) is 5.17. The molecule has 0 spiro atoms. The van der Waals surface area contributed by atoms with Crippen LogP contribution in [-0.4, -0.2) is 43.1 Å². The van der Waals surface area contributed by atoms with E-state index in [0.717, 1.165) is 5.56 Å². The smallest absolute Gasteiger partial charge is 0.338 e. The molecule has 0 aliphatic rings. The zero-order valence-corrected chi connectivity index (χ0v) is 21.0. The molecule has 0 aromatic heterocycles. The van der Waals surface area contributed by atoms with Crippen LogP contribution in [0.1, 0.15) is 41.4 Å². The third-order valence-electron chi connectivity index (χ3n) is 5.17. The molecule has 0 saturated heterocycles. The van der Waals surface area contributed by atoms with Crippen molar-refractivity contribution < 1.29 is 28.7 Å². The van der Waals surface area contributed by atoms with Crippen LogP contribution in [0.5, 0.6) is 5.75 Å². The Balaban J connectivity index is 1.41. The average molecular weight is 517 g/mol. The lowest BCUT2D eigenvalue weighted by atomic mass is 10.1. The Bertz CT molecular complexity index is 1270. The van der Waals surface area contributed by atoms with Gasteiger partial charge in [-0.25, -0.2) is 10.2 Å². The Hall–Kier alpha value is -4.99. The van der Waals surface area contributed by atoms with Crippen molar-refractivity contribution in [1.29, 1.82) is 0 Å². The van der Waals surface area contributed by atoms with E-state index in [-0.39, 0.29) is 25.2 Å². The fraction of sp³-hybridized carbons (Fsp3) is 0.179. The Kier molecular flexibility index (Phi) is 10.1. The molecule has 0 radical (unpaired) electrons. The normalized spacial score (nSPS) is 11.3. The lowest BCUT2D eigenvalue weighted by molar-refractivity contribution is -0.136. The molecule has 0 fully saturated rings. The van der Waals surface area contributed by atoms with Crippen LogP contribution in [0.2, 0.25) is 0 Å². The lowest BCUT2D eigenvalue weighted by Crippen LogP contribution is -2.32. The molecular weight excluding hydrogens is 488 g/mol. The second-order valence-electron chi connectivity index (χ2n) is 8.01. The Morgan fingerprint density at radius 2 is 1.58 bits per heavy atom. The highest BCUT2D eigenvalue weighted by Gasteiger charge is 2.14. The highest BCUT2D eigenvalue weighted by molar-refractivity contribution is 6.39. The Morgan fingerprint density at radius 3 is 2.24 bits per heavy atom. The first kappa shape index (κ1) is 27.6. The van der Waals surface area contributed by atoms with E-state index >= 15 is 0 Å². The summed E-state index contributed by atoms with van der Waals surface area (Å²) < 4.78 is 10.4. The highest BCUT2D eigenvalue weighted by Crippen LogP contribution is 2.13. The minimum atomic E-state index is -0.966. The van der Waals surface area contributed by atoms with Crippen LogP contribution in [0.3, 0.4) is 0 Å². The number of carbonyl (C=O) groups is 4. The number of amides is 3. The largest absolute Gasteiger partial charge is 0.484 e. The summed E-state index contributed by atoms with van der Waals surface area (Å²) in [5.74, 6) is -2.12. The molecule has 3 amide bonds. The predicted octanol–water partition coefficient (Wildman–Crippen LogP) is 3.21. The van der Waals surface area contributed by atoms with E-state index in [1.54, 1.807) is 31.2 Å². The first-order valence-corrected chi connectivity index (χ1v) is 11.8. The van der Waals surface area contributed by atoms with Gasteiger partial charge in [-0.15, -0.1) is 0 Å². The summed E-state index contributed by atoms with van der Waals surface area (Å²) in [4.78, 5) is 47.9. The number of hydrazone groups is 1. The van der Waals surface area contributed by atoms with E-state index in [1.807, 2.05) is 37.3 Å². The molecule has 10 heteroatoms. The molecule has 3 rings (SSSR count). The van der Waals surface area contributed by atoms with Gasteiger partial charge in [-0.1, -0.05) is 30.3 Å². The number of benzene rings is 3. The summed E-state index contributed by atoms with van der Waals surface area (Å²) in [7, 11) is 0. The minimum Gasteiger partial charge on any atom is -0.484 e. The molecule has 38 heavy (non-hydrogen) atoms. The van der Waals surface area contributed by atoms with Crippen molar-refractivity contribution in [3.63, 3.8) is 0 Å². The van der Waals surface area contributed by atoms with Crippen LogP contribution >= 0.6 is 0 Å². The molecule has 0 saturated carbocycles. The number of nitrogens with zero attached hydrogens (tertiary/aromatic N) is 1. The maximum Gasteiger partial charge on any atom is 0.338 e. The molecule has 10 nitrogen and oxygen atoms in total. The topological polar surface area (TPSA) is 135 Å². The van der Waals surface area contributed by atoms with Crippen molar-refractivity contribution in [1.82, 2.24) is 10.7 Å². The van der Waals surface area contributed by atoms with Gasteiger partial charge in [-0.3, -0.25) is 14.4 Å². The molecule has 196 valence electrons. The van der Waals surface area contributed by atoms with Gasteiger partial charge in [0.25, 0.3) is 5.91 Å². The molecule has 1 atom stereocenters. The number of hydrogen-bond acceptors (Lipinski definition) is 7. The fourth-order valence-electron chi connectivity index (χ4n) is 3.22. The number of carbonyl (C=O) groups excluding carboxylic acids is 4.